The van der Waals surface area contributed by atoms with Crippen molar-refractivity contribution in [2.24, 2.45) is 0 Å². The standard InChI is InChI=1S/C12H18N4O4S.ClH/c1-7-10(13-5-6-20-7)11(18)14-12-16-15-8(21-12)3-4-9(17)19-2;/h7,10,13H,3-6H2,1-2H3,(H,14,16,18);1H/t7-,10+;/m1./s1. The number of carbonyl (C=O) groups excluding carboxylic acids is 2. The second-order valence-electron chi connectivity index (χ2n) is 4.57. The summed E-state index contributed by atoms with van der Waals surface area (Å²) < 4.78 is 9.98. The highest BCUT2D eigenvalue weighted by molar-refractivity contribution is 7.15. The SMILES string of the molecule is COC(=O)CCc1nnc(NC(=O)[C@H]2NCCO[C@@H]2C)s1.Cl. The zero-order chi connectivity index (χ0) is 15.2. The summed E-state index contributed by atoms with van der Waals surface area (Å²) in [4.78, 5) is 23.2. The molecular formula is C12H19ClN4O4S. The number of anilines is 1. The van der Waals surface area contributed by atoms with Crippen LogP contribution in [0.15, 0.2) is 0 Å². The normalized spacial score (nSPS) is 20.8. The van der Waals surface area contributed by atoms with Gasteiger partial charge in [0.05, 0.1) is 26.2 Å². The number of amides is 1. The number of morpholine rings is 1. The number of esters is 1. The van der Waals surface area contributed by atoms with Gasteiger partial charge in [-0.3, -0.25) is 14.9 Å². The number of nitrogens with one attached hydrogen (secondary N) is 2. The fourth-order valence-electron chi connectivity index (χ4n) is 1.93. The van der Waals surface area contributed by atoms with Crippen LogP contribution >= 0.6 is 23.7 Å². The zero-order valence-corrected chi connectivity index (χ0v) is 14.0. The van der Waals surface area contributed by atoms with Crippen molar-refractivity contribution in [1.82, 2.24) is 15.5 Å². The lowest BCUT2D eigenvalue weighted by Gasteiger charge is -2.28. The minimum absolute atomic E-state index is 0. The molecule has 2 rings (SSSR count). The van der Waals surface area contributed by atoms with Crippen molar-refractivity contribution in [2.75, 3.05) is 25.6 Å². The Bertz CT molecular complexity index is 513. The first-order valence-corrected chi connectivity index (χ1v) is 7.47. The first-order chi connectivity index (χ1) is 10.1. The van der Waals surface area contributed by atoms with Crippen molar-refractivity contribution in [3.8, 4) is 0 Å². The Morgan fingerprint density at radius 2 is 2.27 bits per heavy atom. The van der Waals surface area contributed by atoms with Gasteiger partial charge in [0.2, 0.25) is 11.0 Å². The van der Waals surface area contributed by atoms with Crippen molar-refractivity contribution in [1.29, 1.82) is 0 Å². The topological polar surface area (TPSA) is 102 Å². The number of carbonyl (C=O) groups is 2. The van der Waals surface area contributed by atoms with Gasteiger partial charge in [-0.05, 0) is 6.92 Å². The van der Waals surface area contributed by atoms with Gasteiger partial charge in [-0.25, -0.2) is 0 Å². The van der Waals surface area contributed by atoms with Gasteiger partial charge in [0.1, 0.15) is 11.0 Å². The van der Waals surface area contributed by atoms with Crippen molar-refractivity contribution in [3.63, 3.8) is 0 Å². The number of hydrogen-bond acceptors (Lipinski definition) is 8. The minimum Gasteiger partial charge on any atom is -0.469 e. The molecule has 0 bridgehead atoms. The summed E-state index contributed by atoms with van der Waals surface area (Å²) in [7, 11) is 1.34. The highest BCUT2D eigenvalue weighted by Crippen LogP contribution is 2.17. The number of methoxy groups -OCH3 is 1. The Balaban J connectivity index is 0.00000242. The third-order valence-corrected chi connectivity index (χ3v) is 3.97. The van der Waals surface area contributed by atoms with E-state index in [-0.39, 0.29) is 36.8 Å². The molecule has 0 spiro atoms. The molecule has 1 fully saturated rings. The van der Waals surface area contributed by atoms with Gasteiger partial charge in [-0.15, -0.1) is 22.6 Å². The van der Waals surface area contributed by atoms with Gasteiger partial charge in [0.25, 0.3) is 0 Å². The lowest BCUT2D eigenvalue weighted by Crippen LogP contribution is -2.53. The third kappa shape index (κ3) is 5.16. The van der Waals surface area contributed by atoms with Crippen LogP contribution in [0.2, 0.25) is 0 Å². The molecule has 1 aliphatic rings. The predicted octanol–water partition coefficient (Wildman–Crippen LogP) is 0.381. The number of aryl methyl sites for hydroxylation is 1. The number of aromatic nitrogens is 2. The molecule has 1 aromatic heterocycles. The molecule has 2 atom stereocenters. The summed E-state index contributed by atoms with van der Waals surface area (Å²) in [5.41, 5.74) is 0. The molecule has 0 aromatic carbocycles. The van der Waals surface area contributed by atoms with Gasteiger partial charge in [0.15, 0.2) is 0 Å². The molecule has 10 heteroatoms. The monoisotopic (exact) mass is 350 g/mol. The van der Waals surface area contributed by atoms with Crippen LogP contribution in [0, 0.1) is 0 Å². The molecule has 0 radical (unpaired) electrons. The lowest BCUT2D eigenvalue weighted by atomic mass is 10.1. The Kier molecular flexibility index (Phi) is 7.66. The van der Waals surface area contributed by atoms with Crippen LogP contribution in [0.5, 0.6) is 0 Å². The molecule has 0 saturated carbocycles. The van der Waals surface area contributed by atoms with Gasteiger partial charge < -0.3 is 14.8 Å². The lowest BCUT2D eigenvalue weighted by molar-refractivity contribution is -0.140. The second kappa shape index (κ2) is 8.99. The Hall–Kier alpha value is -1.29. The summed E-state index contributed by atoms with van der Waals surface area (Å²) >= 11 is 1.25. The van der Waals surface area contributed by atoms with Crippen LogP contribution in [0.25, 0.3) is 0 Å². The number of hydrogen-bond donors (Lipinski definition) is 2. The van der Waals surface area contributed by atoms with E-state index in [1.807, 2.05) is 6.92 Å². The van der Waals surface area contributed by atoms with Crippen LogP contribution in [0.4, 0.5) is 5.13 Å². The van der Waals surface area contributed by atoms with E-state index in [2.05, 4.69) is 25.6 Å². The van der Waals surface area contributed by atoms with Crippen LogP contribution in [-0.4, -0.2) is 54.5 Å². The maximum Gasteiger partial charge on any atom is 0.305 e. The van der Waals surface area contributed by atoms with E-state index in [9.17, 15) is 9.59 Å². The number of nitrogens with zero attached hydrogens (tertiary/aromatic N) is 2. The predicted molar refractivity (Wildman–Crippen MR) is 83.3 cm³/mol. The Morgan fingerprint density at radius 3 is 2.95 bits per heavy atom. The third-order valence-electron chi connectivity index (χ3n) is 3.07. The molecule has 1 saturated heterocycles. The van der Waals surface area contributed by atoms with Crippen LogP contribution in [0.3, 0.4) is 0 Å². The summed E-state index contributed by atoms with van der Waals surface area (Å²) in [5, 5.41) is 14.7. The van der Waals surface area contributed by atoms with E-state index in [1.165, 1.54) is 18.4 Å². The fraction of sp³-hybridized carbons (Fsp3) is 0.667. The molecule has 22 heavy (non-hydrogen) atoms. The van der Waals surface area contributed by atoms with Gasteiger partial charge in [-0.1, -0.05) is 11.3 Å². The quantitative estimate of drug-likeness (QED) is 0.740. The molecule has 1 aliphatic heterocycles. The molecule has 124 valence electrons. The summed E-state index contributed by atoms with van der Waals surface area (Å²) in [6, 6.07) is -0.402. The van der Waals surface area contributed by atoms with E-state index < -0.39 is 6.04 Å². The smallest absolute Gasteiger partial charge is 0.305 e. The average Bonchev–Trinajstić information content (AvgIpc) is 2.92. The molecule has 0 unspecified atom stereocenters. The highest BCUT2D eigenvalue weighted by Gasteiger charge is 2.28. The summed E-state index contributed by atoms with van der Waals surface area (Å²) in [6.45, 7) is 3.09. The molecule has 8 nitrogen and oxygen atoms in total. The van der Waals surface area contributed by atoms with E-state index in [1.54, 1.807) is 0 Å². The molecule has 1 amide bonds. The van der Waals surface area contributed by atoms with Crippen molar-refractivity contribution in [3.05, 3.63) is 5.01 Å². The van der Waals surface area contributed by atoms with Crippen molar-refractivity contribution in [2.45, 2.75) is 31.9 Å². The first kappa shape index (κ1) is 18.8. The van der Waals surface area contributed by atoms with Gasteiger partial charge in [0, 0.05) is 13.0 Å². The van der Waals surface area contributed by atoms with Crippen LogP contribution in [0.1, 0.15) is 18.4 Å². The van der Waals surface area contributed by atoms with Crippen molar-refractivity contribution < 1.29 is 19.1 Å². The molecule has 0 aliphatic carbocycles. The van der Waals surface area contributed by atoms with Gasteiger partial charge in [-0.2, -0.15) is 0 Å². The molecule has 2 N–H and O–H groups in total. The van der Waals surface area contributed by atoms with E-state index >= 15 is 0 Å². The number of halogens is 1. The van der Waals surface area contributed by atoms with E-state index in [0.717, 1.165) is 0 Å². The summed E-state index contributed by atoms with van der Waals surface area (Å²) in [5.74, 6) is -0.494. The molecule has 2 heterocycles. The van der Waals surface area contributed by atoms with Crippen molar-refractivity contribution >= 4 is 40.8 Å². The maximum atomic E-state index is 12.1. The minimum atomic E-state index is -0.402. The largest absolute Gasteiger partial charge is 0.469 e. The van der Waals surface area contributed by atoms with Crippen LogP contribution < -0.4 is 10.6 Å². The second-order valence-corrected chi connectivity index (χ2v) is 5.64. The Morgan fingerprint density at radius 1 is 1.50 bits per heavy atom. The molecular weight excluding hydrogens is 332 g/mol. The number of ether oxygens (including phenoxy) is 2. The highest BCUT2D eigenvalue weighted by atomic mass is 35.5. The van der Waals surface area contributed by atoms with E-state index in [0.29, 0.717) is 29.7 Å². The Labute approximate surface area is 138 Å². The van der Waals surface area contributed by atoms with E-state index in [4.69, 9.17) is 4.74 Å². The molecule has 1 aromatic rings. The van der Waals surface area contributed by atoms with Gasteiger partial charge >= 0.3 is 5.97 Å². The van der Waals surface area contributed by atoms with Crippen LogP contribution in [-0.2, 0) is 25.5 Å². The zero-order valence-electron chi connectivity index (χ0n) is 12.3. The first-order valence-electron chi connectivity index (χ1n) is 6.65. The fourth-order valence-corrected chi connectivity index (χ4v) is 2.67. The maximum absolute atomic E-state index is 12.1. The number of rotatable bonds is 5. The average molecular weight is 351 g/mol. The summed E-state index contributed by atoms with van der Waals surface area (Å²) in [6.07, 6.45) is 0.501.